The zero-order chi connectivity index (χ0) is 11.5. The van der Waals surface area contributed by atoms with Crippen LogP contribution in [0.5, 0.6) is 0 Å². The number of hydrogen-bond donors (Lipinski definition) is 1. The first-order chi connectivity index (χ1) is 7.72. The molecule has 5 nitrogen and oxygen atoms in total. The van der Waals surface area contributed by atoms with Crippen molar-refractivity contribution in [2.24, 2.45) is 0 Å². The molecule has 2 aromatic heterocycles. The zero-order valence-electron chi connectivity index (χ0n) is 8.59. The summed E-state index contributed by atoms with van der Waals surface area (Å²) in [5, 5.41) is 4.90. The maximum atomic E-state index is 5.81. The van der Waals surface area contributed by atoms with E-state index in [0.717, 1.165) is 15.3 Å². The van der Waals surface area contributed by atoms with Gasteiger partial charge in [0.05, 0.1) is 4.47 Å². The highest BCUT2D eigenvalue weighted by Gasteiger charge is 2.11. The van der Waals surface area contributed by atoms with Gasteiger partial charge in [0.25, 0.3) is 5.95 Å². The first kappa shape index (κ1) is 11.4. The van der Waals surface area contributed by atoms with Crippen molar-refractivity contribution in [2.75, 3.05) is 11.5 Å². The van der Waals surface area contributed by atoms with Crippen molar-refractivity contribution in [2.45, 2.75) is 11.9 Å². The second kappa shape index (κ2) is 4.84. The standard InChI is InChI=1S/C9H10BrN5S/c1-2-16-8-6(10)7(11)13-9(14-8)15-5-3-4-12-15/h3-5H,2H2,1H3,(H2,11,13,14). The van der Waals surface area contributed by atoms with Crippen LogP contribution < -0.4 is 5.73 Å². The van der Waals surface area contributed by atoms with Gasteiger partial charge in [0, 0.05) is 12.4 Å². The minimum absolute atomic E-state index is 0.427. The predicted molar refractivity (Wildman–Crippen MR) is 67.7 cm³/mol. The molecule has 7 heteroatoms. The molecule has 0 aromatic carbocycles. The van der Waals surface area contributed by atoms with Gasteiger partial charge in [-0.1, -0.05) is 6.92 Å². The summed E-state index contributed by atoms with van der Waals surface area (Å²) in [6.45, 7) is 2.06. The smallest absolute Gasteiger partial charge is 0.253 e. The summed E-state index contributed by atoms with van der Waals surface area (Å²) >= 11 is 4.99. The molecule has 0 saturated heterocycles. The van der Waals surface area contributed by atoms with Gasteiger partial charge in [0.15, 0.2) is 0 Å². The molecule has 0 bridgehead atoms. The zero-order valence-corrected chi connectivity index (χ0v) is 11.0. The topological polar surface area (TPSA) is 69.6 Å². The molecule has 2 N–H and O–H groups in total. The molecule has 0 fully saturated rings. The summed E-state index contributed by atoms with van der Waals surface area (Å²) in [6, 6.07) is 1.81. The molecule has 0 aliphatic heterocycles. The van der Waals surface area contributed by atoms with E-state index in [0.29, 0.717) is 11.8 Å². The summed E-state index contributed by atoms with van der Waals surface area (Å²) in [5.74, 6) is 1.84. The molecule has 0 saturated carbocycles. The van der Waals surface area contributed by atoms with Gasteiger partial charge in [-0.15, -0.1) is 11.8 Å². The number of anilines is 1. The van der Waals surface area contributed by atoms with Crippen molar-refractivity contribution in [3.05, 3.63) is 22.9 Å². The Morgan fingerprint density at radius 1 is 1.50 bits per heavy atom. The summed E-state index contributed by atoms with van der Waals surface area (Å²) < 4.78 is 2.33. The quantitative estimate of drug-likeness (QED) is 0.694. The number of hydrogen-bond acceptors (Lipinski definition) is 5. The Labute approximate surface area is 106 Å². The fraction of sp³-hybridized carbons (Fsp3) is 0.222. The average molecular weight is 300 g/mol. The molecule has 0 unspecified atom stereocenters. The summed E-state index contributed by atoms with van der Waals surface area (Å²) in [6.07, 6.45) is 3.46. The van der Waals surface area contributed by atoms with E-state index < -0.39 is 0 Å². The highest BCUT2D eigenvalue weighted by Crippen LogP contribution is 2.29. The van der Waals surface area contributed by atoms with Crippen LogP contribution in [0.3, 0.4) is 0 Å². The van der Waals surface area contributed by atoms with Crippen molar-refractivity contribution in [3.8, 4) is 5.95 Å². The fourth-order valence-electron chi connectivity index (χ4n) is 1.15. The van der Waals surface area contributed by atoms with E-state index in [-0.39, 0.29) is 0 Å². The molecule has 0 aliphatic carbocycles. The van der Waals surface area contributed by atoms with Gasteiger partial charge in [-0.3, -0.25) is 0 Å². The van der Waals surface area contributed by atoms with E-state index in [9.17, 15) is 0 Å². The number of nitrogens with zero attached hydrogens (tertiary/aromatic N) is 4. The van der Waals surface area contributed by atoms with Gasteiger partial charge >= 0.3 is 0 Å². The minimum atomic E-state index is 0.427. The molecule has 2 aromatic rings. The maximum Gasteiger partial charge on any atom is 0.253 e. The highest BCUT2D eigenvalue weighted by molar-refractivity contribution is 9.10. The lowest BCUT2D eigenvalue weighted by Crippen LogP contribution is -2.06. The Morgan fingerprint density at radius 3 is 2.94 bits per heavy atom. The number of thioether (sulfide) groups is 1. The van der Waals surface area contributed by atoms with E-state index in [1.807, 2.05) is 6.07 Å². The van der Waals surface area contributed by atoms with Crippen LogP contribution in [-0.2, 0) is 0 Å². The molecule has 84 valence electrons. The van der Waals surface area contributed by atoms with Crippen molar-refractivity contribution >= 4 is 33.5 Å². The number of nitrogens with two attached hydrogens (primary N) is 1. The Morgan fingerprint density at radius 2 is 2.31 bits per heavy atom. The van der Waals surface area contributed by atoms with Crippen molar-refractivity contribution in [1.29, 1.82) is 0 Å². The first-order valence-corrected chi connectivity index (χ1v) is 6.46. The maximum absolute atomic E-state index is 5.81. The molecular weight excluding hydrogens is 290 g/mol. The van der Waals surface area contributed by atoms with Gasteiger partial charge in [-0.2, -0.15) is 10.1 Å². The molecule has 0 spiro atoms. The van der Waals surface area contributed by atoms with E-state index in [2.05, 4.69) is 37.9 Å². The van der Waals surface area contributed by atoms with Crippen molar-refractivity contribution < 1.29 is 0 Å². The van der Waals surface area contributed by atoms with Gasteiger partial charge in [0.2, 0.25) is 0 Å². The van der Waals surface area contributed by atoms with E-state index >= 15 is 0 Å². The van der Waals surface area contributed by atoms with Crippen LogP contribution in [0.25, 0.3) is 5.95 Å². The Balaban J connectivity index is 2.48. The fourth-order valence-corrected chi connectivity index (χ4v) is 2.32. The number of aromatic nitrogens is 4. The normalized spacial score (nSPS) is 10.6. The Bertz CT molecular complexity index is 485. The van der Waals surface area contributed by atoms with Crippen LogP contribution in [0.4, 0.5) is 5.82 Å². The lowest BCUT2D eigenvalue weighted by Gasteiger charge is -2.07. The predicted octanol–water partition coefficient (Wildman–Crippen LogP) is 2.12. The van der Waals surface area contributed by atoms with Crippen LogP contribution in [0.1, 0.15) is 6.92 Å². The summed E-state index contributed by atoms with van der Waals surface area (Å²) in [4.78, 5) is 8.56. The number of nitrogen functional groups attached to an aromatic ring is 1. The molecule has 0 radical (unpaired) electrons. The summed E-state index contributed by atoms with van der Waals surface area (Å²) in [5.41, 5.74) is 5.81. The van der Waals surface area contributed by atoms with Crippen LogP contribution in [0.15, 0.2) is 28.0 Å². The average Bonchev–Trinajstić information content (AvgIpc) is 2.78. The van der Waals surface area contributed by atoms with Crippen LogP contribution in [0, 0.1) is 0 Å². The van der Waals surface area contributed by atoms with Gasteiger partial charge in [-0.25, -0.2) is 9.67 Å². The van der Waals surface area contributed by atoms with Crippen molar-refractivity contribution in [3.63, 3.8) is 0 Å². The third-order valence-corrected chi connectivity index (χ3v) is 3.73. The first-order valence-electron chi connectivity index (χ1n) is 4.68. The van der Waals surface area contributed by atoms with Crippen LogP contribution in [-0.4, -0.2) is 25.5 Å². The Hall–Kier alpha value is -1.08. The van der Waals surface area contributed by atoms with Gasteiger partial charge in [0.1, 0.15) is 10.8 Å². The molecular formula is C9H10BrN5S. The Kier molecular flexibility index (Phi) is 3.45. The SMILES string of the molecule is CCSc1nc(-n2cccn2)nc(N)c1Br. The molecule has 16 heavy (non-hydrogen) atoms. The monoisotopic (exact) mass is 299 g/mol. The number of halogens is 1. The van der Waals surface area contributed by atoms with E-state index in [1.54, 1.807) is 28.8 Å². The summed E-state index contributed by atoms with van der Waals surface area (Å²) in [7, 11) is 0. The third kappa shape index (κ3) is 2.19. The molecule has 0 atom stereocenters. The molecule has 0 aliphatic rings. The lowest BCUT2D eigenvalue weighted by molar-refractivity contribution is 0.789. The van der Waals surface area contributed by atoms with Crippen LogP contribution >= 0.6 is 27.7 Å². The number of rotatable bonds is 3. The lowest BCUT2D eigenvalue weighted by atomic mass is 10.6. The molecule has 0 amide bonds. The minimum Gasteiger partial charge on any atom is -0.383 e. The van der Waals surface area contributed by atoms with E-state index in [1.165, 1.54) is 0 Å². The largest absolute Gasteiger partial charge is 0.383 e. The molecule has 2 heterocycles. The van der Waals surface area contributed by atoms with Gasteiger partial charge < -0.3 is 5.73 Å². The molecule has 2 rings (SSSR count). The second-order valence-electron chi connectivity index (χ2n) is 2.91. The van der Waals surface area contributed by atoms with Gasteiger partial charge in [-0.05, 0) is 27.7 Å². The highest BCUT2D eigenvalue weighted by atomic mass is 79.9. The second-order valence-corrected chi connectivity index (χ2v) is 4.96. The third-order valence-electron chi connectivity index (χ3n) is 1.83. The van der Waals surface area contributed by atoms with Crippen LogP contribution in [0.2, 0.25) is 0 Å². The van der Waals surface area contributed by atoms with E-state index in [4.69, 9.17) is 5.73 Å². The van der Waals surface area contributed by atoms with Crippen molar-refractivity contribution in [1.82, 2.24) is 19.7 Å².